The third kappa shape index (κ3) is 4.65. The van der Waals surface area contributed by atoms with Crippen molar-refractivity contribution < 1.29 is 13.9 Å². The molecule has 0 amide bonds. The van der Waals surface area contributed by atoms with Crippen molar-refractivity contribution >= 4 is 8.32 Å². The molecule has 0 aromatic heterocycles. The fraction of sp³-hybridized carbons (Fsp3) is 0.444. The van der Waals surface area contributed by atoms with Crippen LogP contribution in [0.3, 0.4) is 0 Å². The molecule has 0 bridgehead atoms. The van der Waals surface area contributed by atoms with Gasteiger partial charge in [-0.1, -0.05) is 48.6 Å². The van der Waals surface area contributed by atoms with Gasteiger partial charge in [-0.3, -0.25) is 0 Å². The van der Waals surface area contributed by atoms with Crippen molar-refractivity contribution in [2.24, 2.45) is 0 Å². The Labute approximate surface area is 134 Å². The summed E-state index contributed by atoms with van der Waals surface area (Å²) in [6.45, 7) is 9.58. The summed E-state index contributed by atoms with van der Waals surface area (Å²) in [5.41, 5.74) is 1.14. The van der Waals surface area contributed by atoms with E-state index in [9.17, 15) is 0 Å². The van der Waals surface area contributed by atoms with Gasteiger partial charge in [0.15, 0.2) is 8.32 Å². The molecule has 0 N–H and O–H groups in total. The Hall–Kier alpha value is -1.20. The van der Waals surface area contributed by atoms with E-state index in [1.54, 1.807) is 0 Å². The van der Waals surface area contributed by atoms with Crippen molar-refractivity contribution in [1.29, 1.82) is 0 Å². The highest BCUT2D eigenvalue weighted by Gasteiger charge is 2.42. The Morgan fingerprint density at radius 3 is 2.45 bits per heavy atom. The number of rotatable bonds is 7. The highest BCUT2D eigenvalue weighted by atomic mass is 28.4. The van der Waals surface area contributed by atoms with Crippen LogP contribution in [0.15, 0.2) is 54.6 Å². The molecular weight excluding hydrogens is 292 g/mol. The van der Waals surface area contributed by atoms with Crippen molar-refractivity contribution in [3.63, 3.8) is 0 Å². The Morgan fingerprint density at radius 2 is 1.82 bits per heavy atom. The minimum Gasteiger partial charge on any atom is -0.386 e. The third-order valence-corrected chi connectivity index (χ3v) is 4.16. The highest BCUT2D eigenvalue weighted by molar-refractivity contribution is 6.69. The molecular formula is C18H26O3Si. The fourth-order valence-electron chi connectivity index (χ4n) is 2.47. The number of ether oxygens (including phenoxy) is 2. The lowest BCUT2D eigenvalue weighted by Crippen LogP contribution is -2.52. The average molecular weight is 318 g/mol. The van der Waals surface area contributed by atoms with E-state index in [1.807, 2.05) is 49.4 Å². The zero-order valence-electron chi connectivity index (χ0n) is 13.9. The molecule has 1 aliphatic carbocycles. The lowest BCUT2D eigenvalue weighted by molar-refractivity contribution is -0.212. The predicted octanol–water partition coefficient (Wildman–Crippen LogP) is 4.28. The van der Waals surface area contributed by atoms with Crippen molar-refractivity contribution in [3.05, 3.63) is 60.2 Å². The van der Waals surface area contributed by atoms with Gasteiger partial charge in [0.1, 0.15) is 6.10 Å². The Kier molecular flexibility index (Phi) is 5.75. The molecule has 2 unspecified atom stereocenters. The molecule has 0 saturated carbocycles. The minimum atomic E-state index is -1.79. The number of benzene rings is 1. The summed E-state index contributed by atoms with van der Waals surface area (Å²) in [4.78, 5) is 0. The molecule has 0 radical (unpaired) electrons. The normalized spacial score (nSPS) is 24.6. The summed E-state index contributed by atoms with van der Waals surface area (Å²) in [6, 6.07) is 10.2. The van der Waals surface area contributed by atoms with E-state index in [0.717, 1.165) is 5.56 Å². The Morgan fingerprint density at radius 1 is 1.09 bits per heavy atom. The zero-order valence-corrected chi connectivity index (χ0v) is 14.9. The molecule has 1 aliphatic rings. The van der Waals surface area contributed by atoms with Crippen LogP contribution < -0.4 is 0 Å². The summed E-state index contributed by atoms with van der Waals surface area (Å²) in [5, 5.41) is 0. The maximum Gasteiger partial charge on any atom is 0.209 e. The average Bonchev–Trinajstić information content (AvgIpc) is 2.46. The van der Waals surface area contributed by atoms with E-state index in [0.29, 0.717) is 13.2 Å². The molecule has 22 heavy (non-hydrogen) atoms. The van der Waals surface area contributed by atoms with Crippen molar-refractivity contribution in [1.82, 2.24) is 0 Å². The first-order chi connectivity index (χ1) is 10.5. The van der Waals surface area contributed by atoms with E-state index in [-0.39, 0.29) is 6.10 Å². The van der Waals surface area contributed by atoms with Gasteiger partial charge >= 0.3 is 0 Å². The van der Waals surface area contributed by atoms with Crippen LogP contribution in [-0.2, 0) is 20.5 Å². The fourth-order valence-corrected chi connectivity index (χ4v) is 3.67. The number of allylic oxidation sites excluding steroid dienone is 2. The van der Waals surface area contributed by atoms with Gasteiger partial charge in [0.25, 0.3) is 0 Å². The first-order valence-corrected chi connectivity index (χ1v) is 11.2. The lowest BCUT2D eigenvalue weighted by Gasteiger charge is -2.41. The van der Waals surface area contributed by atoms with Gasteiger partial charge in [-0.2, -0.15) is 0 Å². The SMILES string of the molecule is CCOC1(O[Si](C)(C)C)C=CC=CC1OCc1ccccc1. The highest BCUT2D eigenvalue weighted by Crippen LogP contribution is 2.31. The minimum absolute atomic E-state index is 0.246. The molecule has 120 valence electrons. The molecule has 3 nitrogen and oxygen atoms in total. The van der Waals surface area contributed by atoms with Crippen LogP contribution in [-0.4, -0.2) is 26.8 Å². The molecule has 2 rings (SSSR count). The molecule has 0 fully saturated rings. The Balaban J connectivity index is 2.14. The summed E-state index contributed by atoms with van der Waals surface area (Å²) < 4.78 is 18.5. The third-order valence-electron chi connectivity index (χ3n) is 3.23. The monoisotopic (exact) mass is 318 g/mol. The second-order valence-electron chi connectivity index (χ2n) is 6.33. The smallest absolute Gasteiger partial charge is 0.209 e. The van der Waals surface area contributed by atoms with Crippen LogP contribution in [0.25, 0.3) is 0 Å². The van der Waals surface area contributed by atoms with Gasteiger partial charge in [-0.05, 0) is 38.2 Å². The van der Waals surface area contributed by atoms with Crippen molar-refractivity contribution in [2.45, 2.75) is 45.1 Å². The molecule has 0 aliphatic heterocycles. The summed E-state index contributed by atoms with van der Waals surface area (Å²) in [6.07, 6.45) is 7.70. The summed E-state index contributed by atoms with van der Waals surface area (Å²) in [7, 11) is -1.79. The second kappa shape index (κ2) is 7.37. The second-order valence-corrected chi connectivity index (χ2v) is 10.8. The van der Waals surface area contributed by atoms with E-state index in [2.05, 4.69) is 31.8 Å². The molecule has 0 spiro atoms. The summed E-state index contributed by atoms with van der Waals surface area (Å²) >= 11 is 0. The van der Waals surface area contributed by atoms with Crippen molar-refractivity contribution in [3.8, 4) is 0 Å². The first-order valence-electron chi connectivity index (χ1n) is 7.81. The maximum absolute atomic E-state index is 6.36. The quantitative estimate of drug-likeness (QED) is 0.555. The van der Waals surface area contributed by atoms with Gasteiger partial charge in [-0.15, -0.1) is 0 Å². The van der Waals surface area contributed by atoms with Gasteiger partial charge in [0.2, 0.25) is 5.79 Å². The van der Waals surface area contributed by atoms with E-state index in [1.165, 1.54) is 0 Å². The van der Waals surface area contributed by atoms with Crippen LogP contribution in [0.5, 0.6) is 0 Å². The standard InChI is InChI=1S/C18H26O3Si/c1-5-20-18(21-22(2,3)4)14-10-9-13-17(18)19-15-16-11-7-6-8-12-16/h6-14,17H,5,15H2,1-4H3. The maximum atomic E-state index is 6.36. The largest absolute Gasteiger partial charge is 0.386 e. The zero-order chi connectivity index (χ0) is 16.1. The number of hydrogen-bond donors (Lipinski definition) is 0. The van der Waals surface area contributed by atoms with E-state index >= 15 is 0 Å². The van der Waals surface area contributed by atoms with Crippen molar-refractivity contribution in [2.75, 3.05) is 6.61 Å². The molecule has 4 heteroatoms. The van der Waals surface area contributed by atoms with Crippen LogP contribution >= 0.6 is 0 Å². The molecule has 1 aromatic rings. The van der Waals surface area contributed by atoms with Crippen LogP contribution in [0, 0.1) is 0 Å². The topological polar surface area (TPSA) is 27.7 Å². The molecule has 1 aromatic carbocycles. The van der Waals surface area contributed by atoms with Crippen LogP contribution in [0.4, 0.5) is 0 Å². The van der Waals surface area contributed by atoms with Gasteiger partial charge in [0, 0.05) is 6.61 Å². The summed E-state index contributed by atoms with van der Waals surface area (Å²) in [5.74, 6) is -0.817. The predicted molar refractivity (Wildman–Crippen MR) is 92.1 cm³/mol. The lowest BCUT2D eigenvalue weighted by atomic mass is 10.0. The van der Waals surface area contributed by atoms with Crippen LogP contribution in [0.2, 0.25) is 19.6 Å². The first kappa shape index (κ1) is 17.2. The van der Waals surface area contributed by atoms with Gasteiger partial charge < -0.3 is 13.9 Å². The van der Waals surface area contributed by atoms with E-state index < -0.39 is 14.1 Å². The molecule has 0 heterocycles. The van der Waals surface area contributed by atoms with E-state index in [4.69, 9.17) is 13.9 Å². The van der Waals surface area contributed by atoms with Gasteiger partial charge in [-0.25, -0.2) is 0 Å². The number of hydrogen-bond acceptors (Lipinski definition) is 3. The molecule has 2 atom stereocenters. The molecule has 0 saturated heterocycles. The van der Waals surface area contributed by atoms with Crippen LogP contribution in [0.1, 0.15) is 12.5 Å². The Bertz CT molecular complexity index is 519. The van der Waals surface area contributed by atoms with Gasteiger partial charge in [0.05, 0.1) is 6.61 Å².